The van der Waals surface area contributed by atoms with Gasteiger partial charge in [0.15, 0.2) is 0 Å². The summed E-state index contributed by atoms with van der Waals surface area (Å²) in [6.45, 7) is 6.55. The molecular formula is C18H26N4O2. The first-order valence-electron chi connectivity index (χ1n) is 8.23. The molecule has 0 unspecified atom stereocenters. The van der Waals surface area contributed by atoms with E-state index in [0.717, 1.165) is 29.2 Å². The molecule has 6 heteroatoms. The van der Waals surface area contributed by atoms with Gasteiger partial charge < -0.3 is 15.4 Å². The standard InChI is InChI=1S/C18H26N4O2/c1-5-17(20-14-7-6-8-15(11-14)24-4)18(23)19-10-9-16-12(2)21-22-13(16)3/h6-8,11,17,20H,5,9-10H2,1-4H3,(H,19,23)(H,21,22)/t17-/m1/s1. The highest BCUT2D eigenvalue weighted by atomic mass is 16.5. The van der Waals surface area contributed by atoms with Crippen LogP contribution in [-0.2, 0) is 11.2 Å². The summed E-state index contributed by atoms with van der Waals surface area (Å²) in [7, 11) is 1.63. The number of amides is 1. The van der Waals surface area contributed by atoms with Gasteiger partial charge >= 0.3 is 0 Å². The van der Waals surface area contributed by atoms with Crippen LogP contribution in [0.5, 0.6) is 5.75 Å². The molecule has 6 nitrogen and oxygen atoms in total. The second-order valence-electron chi connectivity index (χ2n) is 5.79. The molecule has 0 bridgehead atoms. The molecule has 24 heavy (non-hydrogen) atoms. The Hall–Kier alpha value is -2.50. The Kier molecular flexibility index (Phi) is 6.23. The number of ether oxygens (including phenoxy) is 1. The molecule has 3 N–H and O–H groups in total. The van der Waals surface area contributed by atoms with Crippen LogP contribution in [0.2, 0.25) is 0 Å². The number of carbonyl (C=O) groups excluding carboxylic acids is 1. The molecule has 1 aromatic heterocycles. The van der Waals surface area contributed by atoms with E-state index in [-0.39, 0.29) is 11.9 Å². The summed E-state index contributed by atoms with van der Waals surface area (Å²) in [4.78, 5) is 12.4. The zero-order chi connectivity index (χ0) is 17.5. The lowest BCUT2D eigenvalue weighted by molar-refractivity contribution is -0.121. The van der Waals surface area contributed by atoms with Crippen molar-refractivity contribution in [1.29, 1.82) is 0 Å². The van der Waals surface area contributed by atoms with Crippen LogP contribution >= 0.6 is 0 Å². The summed E-state index contributed by atoms with van der Waals surface area (Å²) in [5, 5.41) is 13.4. The normalized spacial score (nSPS) is 11.8. The maximum absolute atomic E-state index is 12.4. The van der Waals surface area contributed by atoms with Crippen LogP contribution in [0, 0.1) is 13.8 Å². The molecule has 2 rings (SSSR count). The minimum atomic E-state index is -0.274. The number of carbonyl (C=O) groups is 1. The van der Waals surface area contributed by atoms with Gasteiger partial charge in [-0.25, -0.2) is 0 Å². The molecular weight excluding hydrogens is 304 g/mol. The molecule has 0 saturated carbocycles. The SMILES string of the molecule is CC[C@@H](Nc1cccc(OC)c1)C(=O)NCCc1c(C)n[nH]c1C. The predicted octanol–water partition coefficient (Wildman–Crippen LogP) is 2.58. The fourth-order valence-corrected chi connectivity index (χ4v) is 2.64. The number of nitrogens with one attached hydrogen (secondary N) is 3. The van der Waals surface area contributed by atoms with Crippen molar-refractivity contribution >= 4 is 11.6 Å². The monoisotopic (exact) mass is 330 g/mol. The summed E-state index contributed by atoms with van der Waals surface area (Å²) >= 11 is 0. The number of aromatic nitrogens is 2. The molecule has 1 amide bonds. The van der Waals surface area contributed by atoms with Crippen molar-refractivity contribution in [1.82, 2.24) is 15.5 Å². The Morgan fingerprint density at radius 1 is 1.38 bits per heavy atom. The van der Waals surface area contributed by atoms with Gasteiger partial charge in [0.1, 0.15) is 11.8 Å². The quantitative estimate of drug-likeness (QED) is 0.695. The van der Waals surface area contributed by atoms with Crippen LogP contribution in [0.15, 0.2) is 24.3 Å². The number of rotatable bonds is 8. The lowest BCUT2D eigenvalue weighted by atomic mass is 10.1. The predicted molar refractivity (Wildman–Crippen MR) is 95.5 cm³/mol. The number of nitrogens with zero attached hydrogens (tertiary/aromatic N) is 1. The van der Waals surface area contributed by atoms with Gasteiger partial charge in [-0.1, -0.05) is 13.0 Å². The van der Waals surface area contributed by atoms with Gasteiger partial charge in [-0.2, -0.15) is 5.10 Å². The van der Waals surface area contributed by atoms with Crippen LogP contribution in [-0.4, -0.2) is 35.8 Å². The third-order valence-electron chi connectivity index (χ3n) is 4.09. The number of H-pyrrole nitrogens is 1. The third kappa shape index (κ3) is 4.50. The number of hydrogen-bond donors (Lipinski definition) is 3. The zero-order valence-electron chi connectivity index (χ0n) is 14.8. The van der Waals surface area contributed by atoms with Gasteiger partial charge in [-0.05, 0) is 44.4 Å². The van der Waals surface area contributed by atoms with E-state index in [4.69, 9.17) is 4.74 Å². The highest BCUT2D eigenvalue weighted by Gasteiger charge is 2.16. The molecule has 1 heterocycles. The van der Waals surface area contributed by atoms with Crippen molar-refractivity contribution in [3.63, 3.8) is 0 Å². The van der Waals surface area contributed by atoms with Crippen LogP contribution in [0.25, 0.3) is 0 Å². The average Bonchev–Trinajstić information content (AvgIpc) is 2.91. The van der Waals surface area contributed by atoms with Crippen LogP contribution in [0.3, 0.4) is 0 Å². The molecule has 1 atom stereocenters. The van der Waals surface area contributed by atoms with Crippen molar-refractivity contribution in [2.45, 2.75) is 39.7 Å². The third-order valence-corrected chi connectivity index (χ3v) is 4.09. The van der Waals surface area contributed by atoms with Crippen LogP contribution in [0.4, 0.5) is 5.69 Å². The summed E-state index contributed by atoms with van der Waals surface area (Å²) in [5.41, 5.74) is 4.09. The van der Waals surface area contributed by atoms with E-state index in [1.807, 2.05) is 45.0 Å². The Labute approximate surface area is 143 Å². The van der Waals surface area contributed by atoms with Gasteiger partial charge in [0, 0.05) is 24.0 Å². The Morgan fingerprint density at radius 3 is 2.79 bits per heavy atom. The Morgan fingerprint density at radius 2 is 2.17 bits per heavy atom. The smallest absolute Gasteiger partial charge is 0.242 e. The lowest BCUT2D eigenvalue weighted by Gasteiger charge is -2.18. The minimum Gasteiger partial charge on any atom is -0.497 e. The van der Waals surface area contributed by atoms with Gasteiger partial charge in [0.25, 0.3) is 0 Å². The highest BCUT2D eigenvalue weighted by molar-refractivity contribution is 5.84. The number of hydrogen-bond acceptors (Lipinski definition) is 4. The molecule has 0 aliphatic carbocycles. The van der Waals surface area contributed by atoms with E-state index in [9.17, 15) is 4.79 Å². The van der Waals surface area contributed by atoms with Gasteiger partial charge in [-0.15, -0.1) is 0 Å². The van der Waals surface area contributed by atoms with Crippen molar-refractivity contribution in [3.05, 3.63) is 41.2 Å². The minimum absolute atomic E-state index is 0.000814. The van der Waals surface area contributed by atoms with Crippen molar-refractivity contribution in [2.75, 3.05) is 19.0 Å². The summed E-state index contributed by atoms with van der Waals surface area (Å²) in [6.07, 6.45) is 1.47. The Bertz CT molecular complexity index is 662. The summed E-state index contributed by atoms with van der Waals surface area (Å²) in [5.74, 6) is 0.764. The highest BCUT2D eigenvalue weighted by Crippen LogP contribution is 2.18. The van der Waals surface area contributed by atoms with Crippen LogP contribution < -0.4 is 15.4 Å². The first kappa shape index (κ1) is 17.8. The second kappa shape index (κ2) is 8.38. The van der Waals surface area contributed by atoms with Crippen molar-refractivity contribution < 1.29 is 9.53 Å². The molecule has 0 spiro atoms. The maximum atomic E-state index is 12.4. The topological polar surface area (TPSA) is 79.0 Å². The number of methoxy groups -OCH3 is 1. The average molecular weight is 330 g/mol. The molecule has 0 saturated heterocycles. The largest absolute Gasteiger partial charge is 0.497 e. The first-order chi connectivity index (χ1) is 11.5. The van der Waals surface area contributed by atoms with Crippen molar-refractivity contribution in [2.24, 2.45) is 0 Å². The maximum Gasteiger partial charge on any atom is 0.242 e. The molecule has 1 aromatic carbocycles. The van der Waals surface area contributed by atoms with E-state index in [1.54, 1.807) is 7.11 Å². The number of benzene rings is 1. The molecule has 2 aromatic rings. The van der Waals surface area contributed by atoms with E-state index in [1.165, 1.54) is 5.56 Å². The van der Waals surface area contributed by atoms with Crippen LogP contribution in [0.1, 0.15) is 30.3 Å². The zero-order valence-corrected chi connectivity index (χ0v) is 14.8. The molecule has 130 valence electrons. The lowest BCUT2D eigenvalue weighted by Crippen LogP contribution is -2.40. The van der Waals surface area contributed by atoms with Gasteiger partial charge in [-0.3, -0.25) is 9.89 Å². The van der Waals surface area contributed by atoms with Crippen molar-refractivity contribution in [3.8, 4) is 5.75 Å². The molecule has 0 aliphatic heterocycles. The van der Waals surface area contributed by atoms with E-state index >= 15 is 0 Å². The fraction of sp³-hybridized carbons (Fsp3) is 0.444. The Balaban J connectivity index is 1.89. The first-order valence-corrected chi connectivity index (χ1v) is 8.23. The number of anilines is 1. The molecule has 0 fully saturated rings. The molecule has 0 radical (unpaired) electrons. The van der Waals surface area contributed by atoms with E-state index in [2.05, 4.69) is 20.8 Å². The fourth-order valence-electron chi connectivity index (χ4n) is 2.64. The number of aryl methyl sites for hydroxylation is 2. The van der Waals surface area contributed by atoms with Gasteiger partial charge in [0.05, 0.1) is 12.8 Å². The molecule has 0 aliphatic rings. The van der Waals surface area contributed by atoms with E-state index < -0.39 is 0 Å². The van der Waals surface area contributed by atoms with E-state index in [0.29, 0.717) is 13.0 Å². The van der Waals surface area contributed by atoms with Gasteiger partial charge in [0.2, 0.25) is 5.91 Å². The summed E-state index contributed by atoms with van der Waals surface area (Å²) in [6, 6.07) is 7.31. The number of aromatic amines is 1. The summed E-state index contributed by atoms with van der Waals surface area (Å²) < 4.78 is 5.21. The second-order valence-corrected chi connectivity index (χ2v) is 5.79.